The predicted molar refractivity (Wildman–Crippen MR) is 127 cm³/mol. The Bertz CT molecular complexity index is 1390. The van der Waals surface area contributed by atoms with Gasteiger partial charge in [0.05, 0.1) is 17.8 Å². The fourth-order valence-corrected chi connectivity index (χ4v) is 4.23. The highest BCUT2D eigenvalue weighted by Crippen LogP contribution is 2.36. The van der Waals surface area contributed by atoms with Crippen molar-refractivity contribution in [2.24, 2.45) is 4.99 Å². The average molecular weight is 499 g/mol. The topological polar surface area (TPSA) is 70.5 Å². The Morgan fingerprint density at radius 1 is 1.14 bits per heavy atom. The zero-order valence-electron chi connectivity index (χ0n) is 18.2. The first-order valence-corrected chi connectivity index (χ1v) is 11.7. The smallest absolute Gasteiger partial charge is 0.319 e. The van der Waals surface area contributed by atoms with Crippen LogP contribution in [0.25, 0.3) is 11.6 Å². The van der Waals surface area contributed by atoms with Crippen molar-refractivity contribution in [3.05, 3.63) is 76.7 Å². The second kappa shape index (κ2) is 8.81. The van der Waals surface area contributed by atoms with Crippen LogP contribution < -0.4 is 10.2 Å². The van der Waals surface area contributed by atoms with Crippen molar-refractivity contribution in [3.8, 4) is 0 Å². The summed E-state index contributed by atoms with van der Waals surface area (Å²) in [6.45, 7) is 1.31. The standard InChI is InChI=1S/C24H17F4N5OS/c1-35-23-30-12-15-10-17(21-29-8-9-33(21)20(15)32-23)13-2-4-14(5-3-13)22(34)31-19-11-16(24(26,27)28)6-7-18(19)25/h2-7,10-12H,8-9H2,1H3,(H,31,34). The van der Waals surface area contributed by atoms with Gasteiger partial charge in [-0.25, -0.2) is 14.4 Å². The third-order valence-corrected chi connectivity index (χ3v) is 6.16. The molecule has 2 aliphatic rings. The van der Waals surface area contributed by atoms with Crippen molar-refractivity contribution in [1.29, 1.82) is 0 Å². The van der Waals surface area contributed by atoms with Crippen molar-refractivity contribution in [2.45, 2.75) is 11.3 Å². The van der Waals surface area contributed by atoms with Gasteiger partial charge in [-0.15, -0.1) is 0 Å². The molecule has 2 aromatic carbocycles. The molecule has 6 nitrogen and oxygen atoms in total. The van der Waals surface area contributed by atoms with Crippen LogP contribution in [0.4, 0.5) is 29.1 Å². The molecular weight excluding hydrogens is 482 g/mol. The largest absolute Gasteiger partial charge is 0.416 e. The summed E-state index contributed by atoms with van der Waals surface area (Å²) in [4.78, 5) is 28.2. The molecule has 5 rings (SSSR count). The predicted octanol–water partition coefficient (Wildman–Crippen LogP) is 5.38. The molecule has 0 spiro atoms. The summed E-state index contributed by atoms with van der Waals surface area (Å²) in [7, 11) is 0. The van der Waals surface area contributed by atoms with E-state index in [0.717, 1.165) is 28.4 Å². The SMILES string of the molecule is CSc1ncc2c(n1)N1CCN=C1C(c1ccc(C(=O)Nc3cc(C(F)(F)F)ccc3F)cc1)=C2. The Morgan fingerprint density at radius 2 is 1.91 bits per heavy atom. The van der Waals surface area contributed by atoms with Crippen LogP contribution >= 0.6 is 11.8 Å². The van der Waals surface area contributed by atoms with Crippen molar-refractivity contribution in [3.63, 3.8) is 0 Å². The number of amidine groups is 1. The maximum absolute atomic E-state index is 14.0. The molecule has 35 heavy (non-hydrogen) atoms. The summed E-state index contributed by atoms with van der Waals surface area (Å²) in [5.74, 6) is -0.120. The van der Waals surface area contributed by atoms with Crippen molar-refractivity contribution in [1.82, 2.24) is 9.97 Å². The second-order valence-corrected chi connectivity index (χ2v) is 8.55. The van der Waals surface area contributed by atoms with E-state index in [9.17, 15) is 22.4 Å². The molecule has 1 aromatic heterocycles. The molecule has 3 aromatic rings. The van der Waals surface area contributed by atoms with Gasteiger partial charge in [-0.2, -0.15) is 13.2 Å². The zero-order chi connectivity index (χ0) is 24.7. The molecule has 0 bridgehead atoms. The maximum Gasteiger partial charge on any atom is 0.416 e. The number of nitrogens with zero attached hydrogens (tertiary/aromatic N) is 4. The van der Waals surface area contributed by atoms with E-state index < -0.39 is 29.2 Å². The number of carbonyl (C=O) groups is 1. The number of thioether (sulfide) groups is 1. The van der Waals surface area contributed by atoms with Crippen molar-refractivity contribution < 1.29 is 22.4 Å². The fourth-order valence-electron chi connectivity index (χ4n) is 3.89. The van der Waals surface area contributed by atoms with Gasteiger partial charge < -0.3 is 10.2 Å². The van der Waals surface area contributed by atoms with Gasteiger partial charge in [0.15, 0.2) is 5.16 Å². The first-order chi connectivity index (χ1) is 16.7. The van der Waals surface area contributed by atoms with Gasteiger partial charge in [-0.1, -0.05) is 23.9 Å². The van der Waals surface area contributed by atoms with Gasteiger partial charge in [0.2, 0.25) is 0 Å². The van der Waals surface area contributed by atoms with E-state index >= 15 is 0 Å². The van der Waals surface area contributed by atoms with E-state index in [4.69, 9.17) is 0 Å². The molecule has 2 aliphatic heterocycles. The highest BCUT2D eigenvalue weighted by molar-refractivity contribution is 7.98. The monoisotopic (exact) mass is 499 g/mol. The molecule has 0 fully saturated rings. The van der Waals surface area contributed by atoms with E-state index in [0.29, 0.717) is 36.4 Å². The van der Waals surface area contributed by atoms with Gasteiger partial charge in [0.25, 0.3) is 5.91 Å². The van der Waals surface area contributed by atoms with Crippen LogP contribution in [0, 0.1) is 5.82 Å². The number of benzene rings is 2. The number of anilines is 2. The van der Waals surface area contributed by atoms with Gasteiger partial charge in [-0.3, -0.25) is 9.79 Å². The highest BCUT2D eigenvalue weighted by atomic mass is 32.2. The molecule has 0 atom stereocenters. The number of nitrogens with one attached hydrogen (secondary N) is 1. The molecule has 1 amide bonds. The number of halogens is 4. The van der Waals surface area contributed by atoms with E-state index in [1.54, 1.807) is 18.3 Å². The van der Waals surface area contributed by atoms with Crippen LogP contribution in [0.2, 0.25) is 0 Å². The lowest BCUT2D eigenvalue weighted by atomic mass is 9.97. The number of hydrogen-bond donors (Lipinski definition) is 1. The lowest BCUT2D eigenvalue weighted by molar-refractivity contribution is -0.137. The zero-order valence-corrected chi connectivity index (χ0v) is 19.0. The number of alkyl halides is 3. The minimum Gasteiger partial charge on any atom is -0.319 e. The number of aliphatic imine (C=N–C) groups is 1. The van der Waals surface area contributed by atoms with Crippen LogP contribution in [-0.2, 0) is 6.18 Å². The minimum atomic E-state index is -4.65. The first-order valence-electron chi connectivity index (χ1n) is 10.5. The Hall–Kier alpha value is -3.73. The van der Waals surface area contributed by atoms with Gasteiger partial charge in [0.1, 0.15) is 17.5 Å². The quantitative estimate of drug-likeness (QED) is 0.297. The summed E-state index contributed by atoms with van der Waals surface area (Å²) in [6, 6.07) is 8.35. The lowest BCUT2D eigenvalue weighted by Gasteiger charge is -2.27. The average Bonchev–Trinajstić information content (AvgIpc) is 3.34. The summed E-state index contributed by atoms with van der Waals surface area (Å²) in [5.41, 5.74) is 1.05. The Morgan fingerprint density at radius 3 is 2.63 bits per heavy atom. The molecule has 0 saturated carbocycles. The molecule has 178 valence electrons. The second-order valence-electron chi connectivity index (χ2n) is 7.77. The summed E-state index contributed by atoms with van der Waals surface area (Å²) in [6.07, 6.45) is 0.950. The number of amides is 1. The normalized spacial score (nSPS) is 14.7. The molecule has 0 saturated heterocycles. The fraction of sp³-hybridized carbons (Fsp3) is 0.167. The third kappa shape index (κ3) is 4.39. The molecule has 1 N–H and O–H groups in total. The molecular formula is C24H17F4N5OS. The van der Waals surface area contributed by atoms with Gasteiger partial charge in [-0.05, 0) is 48.2 Å². The van der Waals surface area contributed by atoms with Crippen molar-refractivity contribution >= 4 is 46.7 Å². The summed E-state index contributed by atoms with van der Waals surface area (Å²) >= 11 is 1.45. The van der Waals surface area contributed by atoms with Gasteiger partial charge in [0, 0.05) is 29.4 Å². The maximum atomic E-state index is 14.0. The number of hydrogen-bond acceptors (Lipinski definition) is 6. The molecule has 0 radical (unpaired) electrons. The van der Waals surface area contributed by atoms with E-state index in [2.05, 4.69) is 20.3 Å². The Kier molecular flexibility index (Phi) is 5.79. The Balaban J connectivity index is 1.41. The number of rotatable bonds is 4. The molecule has 0 unspecified atom stereocenters. The minimum absolute atomic E-state index is 0.167. The number of aromatic nitrogens is 2. The van der Waals surface area contributed by atoms with Crippen LogP contribution in [0.3, 0.4) is 0 Å². The Labute approximate surface area is 201 Å². The number of fused-ring (bicyclic) bond motifs is 3. The van der Waals surface area contributed by atoms with Crippen LogP contribution in [0.15, 0.2) is 58.8 Å². The van der Waals surface area contributed by atoms with Crippen LogP contribution in [0.5, 0.6) is 0 Å². The van der Waals surface area contributed by atoms with E-state index in [1.807, 2.05) is 17.2 Å². The molecule has 11 heteroatoms. The first kappa shape index (κ1) is 23.0. The summed E-state index contributed by atoms with van der Waals surface area (Å²) < 4.78 is 52.8. The van der Waals surface area contributed by atoms with Crippen LogP contribution in [-0.4, -0.2) is 41.1 Å². The van der Waals surface area contributed by atoms with E-state index in [-0.39, 0.29) is 5.56 Å². The van der Waals surface area contributed by atoms with E-state index in [1.165, 1.54) is 23.9 Å². The van der Waals surface area contributed by atoms with Crippen molar-refractivity contribution in [2.75, 3.05) is 29.6 Å². The highest BCUT2D eigenvalue weighted by Gasteiger charge is 2.32. The molecule has 3 heterocycles. The lowest BCUT2D eigenvalue weighted by Crippen LogP contribution is -2.32. The molecule has 0 aliphatic carbocycles. The third-order valence-electron chi connectivity index (χ3n) is 5.59. The number of carbonyl (C=O) groups excluding carboxylic acids is 1. The van der Waals surface area contributed by atoms with Gasteiger partial charge >= 0.3 is 6.18 Å². The summed E-state index contributed by atoms with van der Waals surface area (Å²) in [5, 5.41) is 2.89. The van der Waals surface area contributed by atoms with Crippen LogP contribution in [0.1, 0.15) is 27.0 Å².